The van der Waals surface area contributed by atoms with E-state index in [-0.39, 0.29) is 5.54 Å². The number of hydrogen-bond acceptors (Lipinski definition) is 1. The molecular formula is C15H25N. The van der Waals surface area contributed by atoms with Gasteiger partial charge in [0.2, 0.25) is 0 Å². The van der Waals surface area contributed by atoms with Gasteiger partial charge in [0.1, 0.15) is 0 Å². The third kappa shape index (κ3) is 3.64. The van der Waals surface area contributed by atoms with Crippen LogP contribution in [0.5, 0.6) is 0 Å². The lowest BCUT2D eigenvalue weighted by molar-refractivity contribution is 0.339. The zero-order valence-electron chi connectivity index (χ0n) is 10.9. The number of hydrogen-bond donors (Lipinski definition) is 1. The fourth-order valence-electron chi connectivity index (χ4n) is 2.18. The van der Waals surface area contributed by atoms with Gasteiger partial charge >= 0.3 is 0 Å². The summed E-state index contributed by atoms with van der Waals surface area (Å²) in [4.78, 5) is 0. The molecule has 2 N–H and O–H groups in total. The smallest absolute Gasteiger partial charge is 0.0409 e. The summed E-state index contributed by atoms with van der Waals surface area (Å²) >= 11 is 0. The molecule has 0 spiro atoms. The summed E-state index contributed by atoms with van der Waals surface area (Å²) in [5.41, 5.74) is 7.74. The highest BCUT2D eigenvalue weighted by Crippen LogP contribution is 2.30. The van der Waals surface area contributed by atoms with E-state index in [0.29, 0.717) is 0 Å². The van der Waals surface area contributed by atoms with Gasteiger partial charge < -0.3 is 5.73 Å². The molecule has 1 rings (SSSR count). The third-order valence-electron chi connectivity index (χ3n) is 3.21. The van der Waals surface area contributed by atoms with Crippen LogP contribution in [0.3, 0.4) is 0 Å². The Morgan fingerprint density at radius 1 is 1.12 bits per heavy atom. The van der Waals surface area contributed by atoms with Crippen molar-refractivity contribution in [3.63, 3.8) is 0 Å². The van der Waals surface area contributed by atoms with Gasteiger partial charge in [-0.1, -0.05) is 57.5 Å². The molecule has 1 heteroatoms. The molecule has 1 atom stereocenters. The van der Waals surface area contributed by atoms with Gasteiger partial charge in [-0.05, 0) is 30.7 Å². The molecule has 0 heterocycles. The second-order valence-electron chi connectivity index (χ2n) is 5.20. The lowest BCUT2D eigenvalue weighted by Gasteiger charge is -2.30. The van der Waals surface area contributed by atoms with E-state index in [4.69, 9.17) is 5.73 Å². The van der Waals surface area contributed by atoms with Gasteiger partial charge in [-0.3, -0.25) is 0 Å². The molecule has 0 bridgehead atoms. The Hall–Kier alpha value is -0.820. The highest BCUT2D eigenvalue weighted by atomic mass is 14.7. The average Bonchev–Trinajstić information content (AvgIpc) is 2.28. The maximum absolute atomic E-state index is 6.58. The van der Waals surface area contributed by atoms with Gasteiger partial charge in [-0.15, -0.1) is 0 Å². The van der Waals surface area contributed by atoms with Gasteiger partial charge in [0.15, 0.2) is 0 Å². The van der Waals surface area contributed by atoms with Crippen molar-refractivity contribution in [1.82, 2.24) is 0 Å². The Bertz CT molecular complexity index is 292. The Morgan fingerprint density at radius 3 is 2.25 bits per heavy atom. The number of nitrogens with two attached hydrogens (primary N) is 1. The van der Waals surface area contributed by atoms with Crippen LogP contribution in [0.25, 0.3) is 0 Å². The summed E-state index contributed by atoms with van der Waals surface area (Å²) < 4.78 is 0. The van der Waals surface area contributed by atoms with Crippen LogP contribution in [0.2, 0.25) is 0 Å². The third-order valence-corrected chi connectivity index (χ3v) is 3.21. The Morgan fingerprint density at radius 2 is 1.75 bits per heavy atom. The second-order valence-corrected chi connectivity index (χ2v) is 5.20. The SMILES string of the molecule is CCCC(N)(CCC(C)C)c1ccccc1. The Labute approximate surface area is 100 Å². The van der Waals surface area contributed by atoms with Gasteiger partial charge in [-0.25, -0.2) is 0 Å². The average molecular weight is 219 g/mol. The van der Waals surface area contributed by atoms with Crippen LogP contribution in [-0.2, 0) is 5.54 Å². The lowest BCUT2D eigenvalue weighted by atomic mass is 9.81. The van der Waals surface area contributed by atoms with Gasteiger partial charge in [0.05, 0.1) is 0 Å². The zero-order valence-corrected chi connectivity index (χ0v) is 10.9. The highest BCUT2D eigenvalue weighted by Gasteiger charge is 2.25. The second kappa shape index (κ2) is 6.05. The predicted molar refractivity (Wildman–Crippen MR) is 71.3 cm³/mol. The molecule has 16 heavy (non-hydrogen) atoms. The van der Waals surface area contributed by atoms with Gasteiger partial charge in [0.25, 0.3) is 0 Å². The van der Waals surface area contributed by atoms with Crippen LogP contribution < -0.4 is 5.73 Å². The number of rotatable bonds is 6. The normalized spacial score (nSPS) is 15.1. The fourth-order valence-corrected chi connectivity index (χ4v) is 2.18. The van der Waals surface area contributed by atoms with Crippen molar-refractivity contribution >= 4 is 0 Å². The van der Waals surface area contributed by atoms with Crippen molar-refractivity contribution in [1.29, 1.82) is 0 Å². The van der Waals surface area contributed by atoms with Crippen LogP contribution >= 0.6 is 0 Å². The van der Waals surface area contributed by atoms with Gasteiger partial charge in [0, 0.05) is 5.54 Å². The van der Waals surface area contributed by atoms with Crippen molar-refractivity contribution in [2.45, 2.75) is 52.0 Å². The largest absolute Gasteiger partial charge is 0.321 e. The minimum absolute atomic E-state index is 0.125. The van der Waals surface area contributed by atoms with E-state index in [1.165, 1.54) is 12.0 Å². The van der Waals surface area contributed by atoms with Crippen molar-refractivity contribution < 1.29 is 0 Å². The monoisotopic (exact) mass is 219 g/mol. The summed E-state index contributed by atoms with van der Waals surface area (Å²) in [6.07, 6.45) is 4.50. The zero-order chi connectivity index (χ0) is 12.0. The minimum atomic E-state index is -0.125. The van der Waals surface area contributed by atoms with Crippen LogP contribution in [0.1, 0.15) is 52.0 Å². The van der Waals surface area contributed by atoms with Crippen molar-refractivity contribution in [3.05, 3.63) is 35.9 Å². The molecule has 0 amide bonds. The molecule has 1 aromatic carbocycles. The molecular weight excluding hydrogens is 194 g/mol. The summed E-state index contributed by atoms with van der Waals surface area (Å²) in [6, 6.07) is 10.5. The Kier molecular flexibility index (Phi) is 5.01. The Balaban J connectivity index is 2.79. The van der Waals surface area contributed by atoms with Crippen molar-refractivity contribution in [2.24, 2.45) is 11.7 Å². The standard InChI is InChI=1S/C15H25N/c1-4-11-15(16,12-10-13(2)3)14-8-6-5-7-9-14/h5-9,13H,4,10-12,16H2,1-3H3. The van der Waals surface area contributed by atoms with E-state index >= 15 is 0 Å². The van der Waals surface area contributed by atoms with E-state index in [0.717, 1.165) is 25.2 Å². The molecule has 0 aliphatic heterocycles. The van der Waals surface area contributed by atoms with E-state index in [2.05, 4.69) is 51.1 Å². The first kappa shape index (κ1) is 13.2. The lowest BCUT2D eigenvalue weighted by Crippen LogP contribution is -2.36. The van der Waals surface area contributed by atoms with E-state index in [9.17, 15) is 0 Å². The van der Waals surface area contributed by atoms with E-state index < -0.39 is 0 Å². The molecule has 0 aromatic heterocycles. The van der Waals surface area contributed by atoms with E-state index in [1.807, 2.05) is 0 Å². The molecule has 0 aliphatic rings. The van der Waals surface area contributed by atoms with Gasteiger partial charge in [-0.2, -0.15) is 0 Å². The molecule has 1 aromatic rings. The van der Waals surface area contributed by atoms with Crippen LogP contribution in [-0.4, -0.2) is 0 Å². The molecule has 1 unspecified atom stereocenters. The summed E-state index contributed by atoms with van der Waals surface area (Å²) in [7, 11) is 0. The van der Waals surface area contributed by atoms with Crippen LogP contribution in [0, 0.1) is 5.92 Å². The maximum Gasteiger partial charge on any atom is 0.0409 e. The quantitative estimate of drug-likeness (QED) is 0.766. The first-order chi connectivity index (χ1) is 7.58. The van der Waals surface area contributed by atoms with Crippen LogP contribution in [0.15, 0.2) is 30.3 Å². The topological polar surface area (TPSA) is 26.0 Å². The molecule has 1 nitrogen and oxygen atoms in total. The fraction of sp³-hybridized carbons (Fsp3) is 0.600. The van der Waals surface area contributed by atoms with E-state index in [1.54, 1.807) is 0 Å². The van der Waals surface area contributed by atoms with Crippen molar-refractivity contribution in [2.75, 3.05) is 0 Å². The first-order valence-electron chi connectivity index (χ1n) is 6.43. The first-order valence-corrected chi connectivity index (χ1v) is 6.43. The highest BCUT2D eigenvalue weighted by molar-refractivity contribution is 5.23. The molecule has 0 saturated heterocycles. The number of benzene rings is 1. The predicted octanol–water partition coefficient (Wildman–Crippen LogP) is 4.08. The molecule has 0 saturated carbocycles. The molecule has 0 radical (unpaired) electrons. The summed E-state index contributed by atoms with van der Waals surface area (Å²) in [6.45, 7) is 6.73. The molecule has 0 aliphatic carbocycles. The molecule has 0 fully saturated rings. The summed E-state index contributed by atoms with van der Waals surface area (Å²) in [5.74, 6) is 0.725. The molecule has 90 valence electrons. The maximum atomic E-state index is 6.58. The van der Waals surface area contributed by atoms with Crippen molar-refractivity contribution in [3.8, 4) is 0 Å². The van der Waals surface area contributed by atoms with Crippen LogP contribution in [0.4, 0.5) is 0 Å². The minimum Gasteiger partial charge on any atom is -0.321 e. The summed E-state index contributed by atoms with van der Waals surface area (Å²) in [5, 5.41) is 0.